The van der Waals surface area contributed by atoms with Crippen molar-refractivity contribution in [2.75, 3.05) is 6.54 Å². The van der Waals surface area contributed by atoms with Gasteiger partial charge in [0.25, 0.3) is 11.5 Å². The second kappa shape index (κ2) is 8.22. The molecule has 0 aliphatic heterocycles. The van der Waals surface area contributed by atoms with Gasteiger partial charge in [-0.05, 0) is 17.7 Å². The van der Waals surface area contributed by atoms with Crippen molar-refractivity contribution in [3.63, 3.8) is 0 Å². The minimum Gasteiger partial charge on any atom is -0.350 e. The Morgan fingerprint density at radius 1 is 1.11 bits per heavy atom. The molecule has 0 saturated carbocycles. The summed E-state index contributed by atoms with van der Waals surface area (Å²) in [6.07, 6.45) is -2.08. The van der Waals surface area contributed by atoms with Crippen molar-refractivity contribution >= 4 is 11.6 Å². The number of pyridine rings is 1. The van der Waals surface area contributed by atoms with E-state index in [1.165, 1.54) is 6.20 Å². The third-order valence-electron chi connectivity index (χ3n) is 4.12. The Balaban J connectivity index is 1.70. The van der Waals surface area contributed by atoms with Gasteiger partial charge in [-0.2, -0.15) is 13.2 Å². The number of nitrogens with one attached hydrogen (secondary N) is 2. The Hall–Kier alpha value is -3.20. The number of fused-ring (bicyclic) bond motifs is 1. The lowest BCUT2D eigenvalue weighted by molar-refractivity contribution is -0.154. The van der Waals surface area contributed by atoms with E-state index in [0.29, 0.717) is 11.2 Å². The lowest BCUT2D eigenvalue weighted by Gasteiger charge is -2.22. The zero-order valence-corrected chi connectivity index (χ0v) is 14.6. The molecule has 0 spiro atoms. The van der Waals surface area contributed by atoms with E-state index in [0.717, 1.165) is 10.6 Å². The fourth-order valence-electron chi connectivity index (χ4n) is 2.61. The largest absolute Gasteiger partial charge is 0.405 e. The Labute approximate surface area is 158 Å². The van der Waals surface area contributed by atoms with E-state index in [9.17, 15) is 22.8 Å². The number of amides is 1. The van der Waals surface area contributed by atoms with E-state index in [2.05, 4.69) is 15.6 Å². The van der Waals surface area contributed by atoms with Gasteiger partial charge in [-0.1, -0.05) is 36.4 Å². The van der Waals surface area contributed by atoms with Gasteiger partial charge in [0, 0.05) is 25.5 Å². The highest BCUT2D eigenvalue weighted by Crippen LogP contribution is 2.20. The first-order valence-electron chi connectivity index (χ1n) is 8.45. The standard InChI is InChI=1S/C19H17F3N4O2/c20-19(21,22)15(23-10-13-6-2-1-3-7-13)12-25-17(27)14-11-24-16-8-4-5-9-26(16)18(14)28/h1-9,11,15,23H,10,12H2,(H,25,27). The lowest BCUT2D eigenvalue weighted by atomic mass is 10.2. The topological polar surface area (TPSA) is 75.5 Å². The molecule has 28 heavy (non-hydrogen) atoms. The van der Waals surface area contributed by atoms with E-state index in [-0.39, 0.29) is 12.1 Å². The van der Waals surface area contributed by atoms with Gasteiger partial charge in [-0.25, -0.2) is 4.98 Å². The number of alkyl halides is 3. The highest BCUT2D eigenvalue weighted by Gasteiger charge is 2.39. The molecule has 1 unspecified atom stereocenters. The summed E-state index contributed by atoms with van der Waals surface area (Å²) in [5.74, 6) is -0.911. The molecule has 1 atom stereocenters. The first kappa shape index (κ1) is 19.6. The summed E-state index contributed by atoms with van der Waals surface area (Å²) < 4.78 is 41.0. The Kier molecular flexibility index (Phi) is 5.74. The van der Waals surface area contributed by atoms with Crippen LogP contribution < -0.4 is 16.2 Å². The number of aromatic nitrogens is 2. The van der Waals surface area contributed by atoms with Crippen LogP contribution in [0.5, 0.6) is 0 Å². The number of nitrogens with zero attached hydrogens (tertiary/aromatic N) is 2. The summed E-state index contributed by atoms with van der Waals surface area (Å²) in [5.41, 5.74) is 0.0402. The molecule has 3 rings (SSSR count). The fraction of sp³-hybridized carbons (Fsp3) is 0.211. The number of rotatable bonds is 6. The number of halogens is 3. The second-order valence-corrected chi connectivity index (χ2v) is 6.08. The summed E-state index contributed by atoms with van der Waals surface area (Å²) >= 11 is 0. The molecule has 146 valence electrons. The van der Waals surface area contributed by atoms with Gasteiger partial charge in [-0.15, -0.1) is 0 Å². The molecule has 0 radical (unpaired) electrons. The highest BCUT2D eigenvalue weighted by atomic mass is 19.4. The Bertz CT molecular complexity index is 1020. The average Bonchev–Trinajstić information content (AvgIpc) is 2.68. The van der Waals surface area contributed by atoms with Crippen LogP contribution in [-0.2, 0) is 6.54 Å². The van der Waals surface area contributed by atoms with Crippen molar-refractivity contribution in [2.45, 2.75) is 18.8 Å². The molecule has 0 bridgehead atoms. The third kappa shape index (κ3) is 4.55. The summed E-state index contributed by atoms with van der Waals surface area (Å²) in [6, 6.07) is 11.5. The monoisotopic (exact) mass is 390 g/mol. The predicted octanol–water partition coefficient (Wildman–Crippen LogP) is 2.14. The van der Waals surface area contributed by atoms with Gasteiger partial charge in [0.2, 0.25) is 0 Å². The van der Waals surface area contributed by atoms with E-state index in [4.69, 9.17) is 0 Å². The van der Waals surface area contributed by atoms with Gasteiger partial charge in [-0.3, -0.25) is 14.0 Å². The third-order valence-corrected chi connectivity index (χ3v) is 4.12. The van der Waals surface area contributed by atoms with Gasteiger partial charge in [0.1, 0.15) is 17.3 Å². The number of benzene rings is 1. The van der Waals surface area contributed by atoms with Crippen LogP contribution in [0.4, 0.5) is 13.2 Å². The van der Waals surface area contributed by atoms with Crippen LogP contribution in [0.2, 0.25) is 0 Å². The molecule has 3 aromatic rings. The van der Waals surface area contributed by atoms with Crippen LogP contribution in [-0.4, -0.2) is 34.1 Å². The van der Waals surface area contributed by atoms with Gasteiger partial charge in [0.05, 0.1) is 0 Å². The van der Waals surface area contributed by atoms with Crippen molar-refractivity contribution in [2.24, 2.45) is 0 Å². The zero-order valence-electron chi connectivity index (χ0n) is 14.6. The molecular formula is C19H17F3N4O2. The molecule has 2 N–H and O–H groups in total. The summed E-state index contributed by atoms with van der Waals surface area (Å²) in [5, 5.41) is 4.56. The minimum atomic E-state index is -4.57. The molecule has 2 heterocycles. The summed E-state index contributed by atoms with van der Waals surface area (Å²) in [6.45, 7) is -0.729. The Morgan fingerprint density at radius 2 is 1.82 bits per heavy atom. The SMILES string of the molecule is O=C(NCC(NCc1ccccc1)C(F)(F)F)c1cnc2ccccn2c1=O. The van der Waals surface area contributed by atoms with Crippen molar-refractivity contribution in [1.82, 2.24) is 20.0 Å². The predicted molar refractivity (Wildman–Crippen MR) is 96.9 cm³/mol. The number of hydrogen-bond donors (Lipinski definition) is 2. The maximum atomic E-state index is 13.3. The van der Waals surface area contributed by atoms with E-state index in [1.54, 1.807) is 48.5 Å². The highest BCUT2D eigenvalue weighted by molar-refractivity contribution is 5.93. The quantitative estimate of drug-likeness (QED) is 0.676. The summed E-state index contributed by atoms with van der Waals surface area (Å²) in [4.78, 5) is 28.6. The van der Waals surface area contributed by atoms with E-state index in [1.807, 2.05) is 0 Å². The van der Waals surface area contributed by atoms with E-state index < -0.39 is 30.2 Å². The van der Waals surface area contributed by atoms with Crippen LogP contribution in [0, 0.1) is 0 Å². The van der Waals surface area contributed by atoms with Crippen molar-refractivity contribution < 1.29 is 18.0 Å². The normalized spacial score (nSPS) is 12.7. The van der Waals surface area contributed by atoms with Crippen molar-refractivity contribution in [1.29, 1.82) is 0 Å². The molecule has 0 aliphatic carbocycles. The zero-order chi connectivity index (χ0) is 20.1. The maximum Gasteiger partial charge on any atom is 0.405 e. The molecule has 0 aliphatic rings. The van der Waals surface area contributed by atoms with Crippen LogP contribution in [0.3, 0.4) is 0 Å². The van der Waals surface area contributed by atoms with Crippen molar-refractivity contribution in [3.05, 3.63) is 82.4 Å². The first-order chi connectivity index (χ1) is 13.4. The molecule has 1 aromatic carbocycles. The molecule has 6 nitrogen and oxygen atoms in total. The first-order valence-corrected chi connectivity index (χ1v) is 8.45. The lowest BCUT2D eigenvalue weighted by Crippen LogP contribution is -2.50. The van der Waals surface area contributed by atoms with Crippen LogP contribution >= 0.6 is 0 Å². The molecule has 0 fully saturated rings. The number of hydrogen-bond acceptors (Lipinski definition) is 4. The van der Waals surface area contributed by atoms with Gasteiger partial charge >= 0.3 is 6.18 Å². The fourth-order valence-corrected chi connectivity index (χ4v) is 2.61. The molecule has 9 heteroatoms. The van der Waals surface area contributed by atoms with E-state index >= 15 is 0 Å². The molecule has 2 aromatic heterocycles. The summed E-state index contributed by atoms with van der Waals surface area (Å²) in [7, 11) is 0. The van der Waals surface area contributed by atoms with Gasteiger partial charge < -0.3 is 10.6 Å². The van der Waals surface area contributed by atoms with Crippen LogP contribution in [0.1, 0.15) is 15.9 Å². The Morgan fingerprint density at radius 3 is 2.54 bits per heavy atom. The maximum absolute atomic E-state index is 13.3. The van der Waals surface area contributed by atoms with Gasteiger partial charge in [0.15, 0.2) is 0 Å². The van der Waals surface area contributed by atoms with Crippen LogP contribution in [0.15, 0.2) is 65.7 Å². The number of carbonyl (C=O) groups is 1. The number of carbonyl (C=O) groups excluding carboxylic acids is 1. The molecular weight excluding hydrogens is 373 g/mol. The van der Waals surface area contributed by atoms with Crippen LogP contribution in [0.25, 0.3) is 5.65 Å². The second-order valence-electron chi connectivity index (χ2n) is 6.08. The average molecular weight is 390 g/mol. The molecule has 1 amide bonds. The minimum absolute atomic E-state index is 0.0128. The smallest absolute Gasteiger partial charge is 0.350 e. The van der Waals surface area contributed by atoms with Crippen molar-refractivity contribution in [3.8, 4) is 0 Å². The molecule has 0 saturated heterocycles.